The van der Waals surface area contributed by atoms with Gasteiger partial charge in [0.2, 0.25) is 0 Å². The van der Waals surface area contributed by atoms with Gasteiger partial charge in [-0.25, -0.2) is 4.39 Å². The van der Waals surface area contributed by atoms with Crippen molar-refractivity contribution < 1.29 is 9.50 Å². The highest BCUT2D eigenvalue weighted by Crippen LogP contribution is 2.08. The SMILES string of the molecule is Cl.O[C@H]1CNCCC[C@@H]1F. The van der Waals surface area contributed by atoms with E-state index in [-0.39, 0.29) is 12.4 Å². The molecule has 0 aliphatic carbocycles. The molecule has 2 N–H and O–H groups in total. The second-order valence-corrected chi connectivity index (χ2v) is 2.43. The zero-order valence-corrected chi connectivity index (χ0v) is 6.53. The lowest BCUT2D eigenvalue weighted by atomic mass is 10.1. The molecule has 1 heterocycles. The summed E-state index contributed by atoms with van der Waals surface area (Å²) in [6.07, 6.45) is -0.473. The maximum Gasteiger partial charge on any atom is 0.127 e. The molecular weight excluding hydrogens is 157 g/mol. The minimum absolute atomic E-state index is 0. The average Bonchev–Trinajstić information content (AvgIpc) is 1.99. The Bertz CT molecular complexity index is 83.8. The summed E-state index contributed by atoms with van der Waals surface area (Å²) in [7, 11) is 0. The van der Waals surface area contributed by atoms with E-state index in [4.69, 9.17) is 5.11 Å². The Balaban J connectivity index is 0.000000810. The molecule has 2 atom stereocenters. The Labute approximate surface area is 66.2 Å². The number of alkyl halides is 1. The summed E-state index contributed by atoms with van der Waals surface area (Å²) in [5, 5.41) is 11.9. The van der Waals surface area contributed by atoms with Crippen LogP contribution >= 0.6 is 12.4 Å². The van der Waals surface area contributed by atoms with Crippen LogP contribution in [0.1, 0.15) is 12.8 Å². The lowest BCUT2D eigenvalue weighted by molar-refractivity contribution is 0.0813. The molecule has 0 amide bonds. The molecule has 0 aromatic heterocycles. The van der Waals surface area contributed by atoms with Crippen LogP contribution < -0.4 is 5.32 Å². The summed E-state index contributed by atoms with van der Waals surface area (Å²) in [6, 6.07) is 0. The Morgan fingerprint density at radius 2 is 2.20 bits per heavy atom. The number of rotatable bonds is 0. The molecule has 0 radical (unpaired) electrons. The first-order chi connectivity index (χ1) is 4.30. The lowest BCUT2D eigenvalue weighted by Crippen LogP contribution is -2.30. The van der Waals surface area contributed by atoms with E-state index in [1.165, 1.54) is 0 Å². The lowest BCUT2D eigenvalue weighted by Gasteiger charge is -2.09. The number of hydrogen-bond donors (Lipinski definition) is 2. The van der Waals surface area contributed by atoms with E-state index in [9.17, 15) is 4.39 Å². The van der Waals surface area contributed by atoms with E-state index >= 15 is 0 Å². The highest BCUT2D eigenvalue weighted by Gasteiger charge is 2.19. The summed E-state index contributed by atoms with van der Waals surface area (Å²) < 4.78 is 12.5. The summed E-state index contributed by atoms with van der Waals surface area (Å²) in [5.41, 5.74) is 0. The second-order valence-electron chi connectivity index (χ2n) is 2.43. The Hall–Kier alpha value is 0.140. The summed E-state index contributed by atoms with van der Waals surface area (Å²) in [4.78, 5) is 0. The normalized spacial score (nSPS) is 34.2. The molecule has 10 heavy (non-hydrogen) atoms. The van der Waals surface area contributed by atoms with Crippen LogP contribution in [-0.4, -0.2) is 30.5 Å². The molecule has 1 rings (SSSR count). The van der Waals surface area contributed by atoms with Gasteiger partial charge in [0.1, 0.15) is 6.17 Å². The Morgan fingerprint density at radius 3 is 2.90 bits per heavy atom. The molecule has 0 aromatic carbocycles. The monoisotopic (exact) mass is 169 g/mol. The van der Waals surface area contributed by atoms with Gasteiger partial charge in [0.25, 0.3) is 0 Å². The molecule has 0 aromatic rings. The number of nitrogens with one attached hydrogen (secondary N) is 1. The van der Waals surface area contributed by atoms with Crippen molar-refractivity contribution in [2.75, 3.05) is 13.1 Å². The first-order valence-corrected chi connectivity index (χ1v) is 3.33. The third kappa shape index (κ3) is 2.82. The predicted molar refractivity (Wildman–Crippen MR) is 40.3 cm³/mol. The van der Waals surface area contributed by atoms with Crippen molar-refractivity contribution in [1.29, 1.82) is 0 Å². The van der Waals surface area contributed by atoms with Gasteiger partial charge in [-0.05, 0) is 19.4 Å². The van der Waals surface area contributed by atoms with Crippen LogP contribution in [0.4, 0.5) is 4.39 Å². The van der Waals surface area contributed by atoms with Crippen LogP contribution in [0.3, 0.4) is 0 Å². The molecule has 4 heteroatoms. The molecule has 0 saturated carbocycles. The first-order valence-electron chi connectivity index (χ1n) is 3.33. The van der Waals surface area contributed by atoms with Gasteiger partial charge < -0.3 is 10.4 Å². The quantitative estimate of drug-likeness (QED) is 0.553. The van der Waals surface area contributed by atoms with Gasteiger partial charge in [0, 0.05) is 6.54 Å². The van der Waals surface area contributed by atoms with Crippen LogP contribution in [0.15, 0.2) is 0 Å². The van der Waals surface area contributed by atoms with Gasteiger partial charge in [0.05, 0.1) is 6.10 Å². The standard InChI is InChI=1S/C6H12FNO.ClH/c7-5-2-1-3-8-4-6(5)9;/h5-6,8-9H,1-4H2;1H/t5-,6-;/m0./s1. The van der Waals surface area contributed by atoms with Crippen LogP contribution in [0, 0.1) is 0 Å². The van der Waals surface area contributed by atoms with E-state index < -0.39 is 12.3 Å². The first kappa shape index (κ1) is 10.1. The fraction of sp³-hybridized carbons (Fsp3) is 1.00. The van der Waals surface area contributed by atoms with E-state index in [0.717, 1.165) is 13.0 Å². The zero-order valence-electron chi connectivity index (χ0n) is 5.72. The molecule has 1 aliphatic rings. The minimum Gasteiger partial charge on any atom is -0.389 e. The molecule has 0 bridgehead atoms. The van der Waals surface area contributed by atoms with E-state index in [1.807, 2.05) is 0 Å². The molecular formula is C6H13ClFNO. The van der Waals surface area contributed by atoms with Gasteiger partial charge in [-0.1, -0.05) is 0 Å². The van der Waals surface area contributed by atoms with Crippen molar-refractivity contribution in [2.24, 2.45) is 0 Å². The Kier molecular flexibility index (Phi) is 4.95. The minimum atomic E-state index is -1.01. The van der Waals surface area contributed by atoms with Crippen LogP contribution in [-0.2, 0) is 0 Å². The largest absolute Gasteiger partial charge is 0.389 e. The molecule has 0 spiro atoms. The number of halogens is 2. The Morgan fingerprint density at radius 1 is 1.50 bits per heavy atom. The highest BCUT2D eigenvalue weighted by molar-refractivity contribution is 5.85. The van der Waals surface area contributed by atoms with Crippen molar-refractivity contribution in [2.45, 2.75) is 25.1 Å². The van der Waals surface area contributed by atoms with Crippen LogP contribution in [0.25, 0.3) is 0 Å². The van der Waals surface area contributed by atoms with Crippen molar-refractivity contribution in [3.8, 4) is 0 Å². The van der Waals surface area contributed by atoms with Crippen LogP contribution in [0.2, 0.25) is 0 Å². The van der Waals surface area contributed by atoms with Crippen LogP contribution in [0.5, 0.6) is 0 Å². The van der Waals surface area contributed by atoms with Crippen molar-refractivity contribution >= 4 is 12.4 Å². The van der Waals surface area contributed by atoms with Gasteiger partial charge in [-0.3, -0.25) is 0 Å². The number of aliphatic hydroxyl groups is 1. The van der Waals surface area contributed by atoms with E-state index in [1.54, 1.807) is 0 Å². The van der Waals surface area contributed by atoms with Crippen molar-refractivity contribution in [1.82, 2.24) is 5.32 Å². The highest BCUT2D eigenvalue weighted by atomic mass is 35.5. The third-order valence-corrected chi connectivity index (χ3v) is 1.60. The average molecular weight is 170 g/mol. The summed E-state index contributed by atoms with van der Waals surface area (Å²) in [6.45, 7) is 1.23. The molecule has 2 nitrogen and oxygen atoms in total. The fourth-order valence-corrected chi connectivity index (χ4v) is 0.992. The summed E-state index contributed by atoms with van der Waals surface area (Å²) >= 11 is 0. The van der Waals surface area contributed by atoms with Gasteiger partial charge in [-0.2, -0.15) is 0 Å². The number of aliphatic hydroxyl groups excluding tert-OH is 1. The van der Waals surface area contributed by atoms with Crippen molar-refractivity contribution in [3.63, 3.8) is 0 Å². The second kappa shape index (κ2) is 4.88. The van der Waals surface area contributed by atoms with E-state index in [0.29, 0.717) is 13.0 Å². The van der Waals surface area contributed by atoms with Gasteiger partial charge >= 0.3 is 0 Å². The maximum atomic E-state index is 12.5. The van der Waals surface area contributed by atoms with Gasteiger partial charge in [0.15, 0.2) is 0 Å². The molecule has 62 valence electrons. The summed E-state index contributed by atoms with van der Waals surface area (Å²) in [5.74, 6) is 0. The predicted octanol–water partition coefficient (Wildman–Crippen LogP) is 0.491. The topological polar surface area (TPSA) is 32.3 Å². The molecule has 0 unspecified atom stereocenters. The maximum absolute atomic E-state index is 12.5. The van der Waals surface area contributed by atoms with Gasteiger partial charge in [-0.15, -0.1) is 12.4 Å². The molecule has 1 fully saturated rings. The zero-order chi connectivity index (χ0) is 6.69. The van der Waals surface area contributed by atoms with Crippen molar-refractivity contribution in [3.05, 3.63) is 0 Å². The van der Waals surface area contributed by atoms with E-state index in [2.05, 4.69) is 5.32 Å². The third-order valence-electron chi connectivity index (χ3n) is 1.60. The number of hydrogen-bond acceptors (Lipinski definition) is 2. The fourth-order valence-electron chi connectivity index (χ4n) is 0.992. The smallest absolute Gasteiger partial charge is 0.127 e. The molecule has 1 saturated heterocycles. The molecule has 1 aliphatic heterocycles. The number of β-amino-alcohol motifs (C(OH)–C–C–N with tert-alkyl or cyclic N) is 1.